The smallest absolute Gasteiger partial charge is 0.272 e. The minimum absolute atomic E-state index is 0.0346. The number of benzene rings is 1. The van der Waals surface area contributed by atoms with Crippen LogP contribution in [-0.2, 0) is 6.54 Å². The molecule has 11 heteroatoms. The van der Waals surface area contributed by atoms with Crippen molar-refractivity contribution in [3.05, 3.63) is 47.4 Å². The van der Waals surface area contributed by atoms with E-state index in [0.717, 1.165) is 25.7 Å². The van der Waals surface area contributed by atoms with Crippen molar-refractivity contribution >= 4 is 22.7 Å². The highest BCUT2D eigenvalue weighted by molar-refractivity contribution is 6.05. The summed E-state index contributed by atoms with van der Waals surface area (Å²) >= 11 is 0. The van der Waals surface area contributed by atoms with Crippen molar-refractivity contribution in [2.45, 2.75) is 63.8 Å². The molecule has 0 aliphatic heterocycles. The fourth-order valence-electron chi connectivity index (χ4n) is 5.44. The van der Waals surface area contributed by atoms with Gasteiger partial charge in [0, 0.05) is 17.5 Å². The lowest BCUT2D eigenvalue weighted by Gasteiger charge is -2.57. The van der Waals surface area contributed by atoms with Crippen LogP contribution in [0.4, 0.5) is 4.39 Å². The number of hydrogen-bond donors (Lipinski definition) is 3. The molecule has 3 aromatic rings. The van der Waals surface area contributed by atoms with Crippen LogP contribution >= 0.6 is 0 Å². The van der Waals surface area contributed by atoms with Gasteiger partial charge in [-0.15, -0.1) is 0 Å². The molecule has 0 atom stereocenters. The highest BCUT2D eigenvalue weighted by atomic mass is 19.1. The van der Waals surface area contributed by atoms with Crippen LogP contribution in [0, 0.1) is 11.2 Å². The van der Waals surface area contributed by atoms with Gasteiger partial charge in [-0.25, -0.2) is 4.39 Å². The minimum atomic E-state index is -1.05. The molecule has 2 aliphatic rings. The number of halogens is 1. The van der Waals surface area contributed by atoms with Gasteiger partial charge in [-0.1, -0.05) is 0 Å². The van der Waals surface area contributed by atoms with Crippen LogP contribution in [0.25, 0.3) is 10.9 Å². The second-order valence-electron chi connectivity index (χ2n) is 10.8. The van der Waals surface area contributed by atoms with E-state index < -0.39 is 17.3 Å². The van der Waals surface area contributed by atoms with Crippen LogP contribution in [0.2, 0.25) is 0 Å². The van der Waals surface area contributed by atoms with E-state index in [2.05, 4.69) is 15.4 Å². The zero-order chi connectivity index (χ0) is 26.5. The second kappa shape index (κ2) is 8.98. The molecule has 5 rings (SSSR count). The van der Waals surface area contributed by atoms with Gasteiger partial charge in [-0.3, -0.25) is 14.3 Å². The Labute approximate surface area is 212 Å². The molecule has 10 nitrogen and oxygen atoms in total. The van der Waals surface area contributed by atoms with E-state index in [4.69, 9.17) is 15.2 Å². The first-order valence-corrected chi connectivity index (χ1v) is 12.2. The number of nitrogens with one attached hydrogen (secondary N) is 1. The molecule has 2 heterocycles. The lowest BCUT2D eigenvalue weighted by molar-refractivity contribution is -0.0849. The summed E-state index contributed by atoms with van der Waals surface area (Å²) in [5, 5.41) is 18.0. The van der Waals surface area contributed by atoms with Crippen LogP contribution in [0.15, 0.2) is 30.3 Å². The SMILES string of the molecule is COc1ccc(C(N)=O)c(OC2CC3(CC(NC(=O)c4nn(CC(C)(C)O)c5ccc(F)cc45)C3)C2)n1. The number of ether oxygens (including phenoxy) is 2. The third kappa shape index (κ3) is 4.95. The van der Waals surface area contributed by atoms with Gasteiger partial charge in [0.1, 0.15) is 17.5 Å². The highest BCUT2D eigenvalue weighted by Gasteiger charge is 2.54. The molecular weight excluding hydrogens is 481 g/mol. The van der Waals surface area contributed by atoms with E-state index >= 15 is 0 Å². The van der Waals surface area contributed by atoms with E-state index in [1.54, 1.807) is 26.0 Å². The number of pyridine rings is 1. The van der Waals surface area contributed by atoms with Crippen LogP contribution in [0.3, 0.4) is 0 Å². The maximum Gasteiger partial charge on any atom is 0.272 e. The summed E-state index contributed by atoms with van der Waals surface area (Å²) < 4.78 is 26.6. The lowest BCUT2D eigenvalue weighted by atomic mass is 9.53. The molecule has 2 saturated carbocycles. The van der Waals surface area contributed by atoms with E-state index in [1.807, 2.05) is 0 Å². The molecule has 2 amide bonds. The molecule has 2 aromatic heterocycles. The van der Waals surface area contributed by atoms with E-state index in [9.17, 15) is 19.1 Å². The number of aromatic nitrogens is 3. The average Bonchev–Trinajstić information content (AvgIpc) is 3.11. The first-order valence-electron chi connectivity index (χ1n) is 12.2. The highest BCUT2D eigenvalue weighted by Crippen LogP contribution is 2.56. The summed E-state index contributed by atoms with van der Waals surface area (Å²) in [7, 11) is 1.48. The molecule has 0 unspecified atom stereocenters. The van der Waals surface area contributed by atoms with Gasteiger partial charge in [0.25, 0.3) is 11.8 Å². The van der Waals surface area contributed by atoms with Crippen molar-refractivity contribution in [1.82, 2.24) is 20.1 Å². The maximum absolute atomic E-state index is 14.0. The second-order valence-corrected chi connectivity index (χ2v) is 10.8. The van der Waals surface area contributed by atoms with Gasteiger partial charge in [-0.2, -0.15) is 10.1 Å². The van der Waals surface area contributed by atoms with Crippen LogP contribution < -0.4 is 20.5 Å². The number of nitrogens with two attached hydrogens (primary N) is 1. The zero-order valence-electron chi connectivity index (χ0n) is 21.0. The molecule has 2 aliphatic carbocycles. The Morgan fingerprint density at radius 3 is 2.62 bits per heavy atom. The molecule has 0 radical (unpaired) electrons. The Morgan fingerprint density at radius 1 is 1.24 bits per heavy atom. The van der Waals surface area contributed by atoms with Crippen molar-refractivity contribution in [2.24, 2.45) is 11.1 Å². The molecule has 1 aromatic carbocycles. The van der Waals surface area contributed by atoms with Gasteiger partial charge >= 0.3 is 0 Å². The number of methoxy groups -OCH3 is 1. The summed E-state index contributed by atoms with van der Waals surface area (Å²) in [6.07, 6.45) is 2.99. The predicted molar refractivity (Wildman–Crippen MR) is 132 cm³/mol. The molecular formula is C26H30FN5O5. The number of hydrogen-bond acceptors (Lipinski definition) is 7. The number of nitrogens with zero attached hydrogens (tertiary/aromatic N) is 3. The van der Waals surface area contributed by atoms with E-state index in [-0.39, 0.29) is 47.2 Å². The zero-order valence-corrected chi connectivity index (χ0v) is 21.0. The third-order valence-electron chi connectivity index (χ3n) is 7.07. The van der Waals surface area contributed by atoms with Gasteiger partial charge in [0.2, 0.25) is 11.8 Å². The van der Waals surface area contributed by atoms with Crippen molar-refractivity contribution in [2.75, 3.05) is 7.11 Å². The van der Waals surface area contributed by atoms with E-state index in [0.29, 0.717) is 16.8 Å². The normalized spacial score (nSPS) is 22.8. The van der Waals surface area contributed by atoms with Crippen LogP contribution in [0.1, 0.15) is 60.4 Å². The van der Waals surface area contributed by atoms with Crippen molar-refractivity contribution < 1.29 is 28.6 Å². The largest absolute Gasteiger partial charge is 0.481 e. The third-order valence-corrected chi connectivity index (χ3v) is 7.07. The minimum Gasteiger partial charge on any atom is -0.481 e. The molecule has 0 saturated heterocycles. The Balaban J connectivity index is 1.21. The number of carbonyl (C=O) groups is 2. The first-order chi connectivity index (χ1) is 17.4. The van der Waals surface area contributed by atoms with E-state index in [1.165, 1.54) is 30.0 Å². The summed E-state index contributed by atoms with van der Waals surface area (Å²) in [4.78, 5) is 29.0. The fraction of sp³-hybridized carbons (Fsp3) is 0.462. The number of amides is 2. The van der Waals surface area contributed by atoms with Crippen molar-refractivity contribution in [3.8, 4) is 11.8 Å². The molecule has 2 fully saturated rings. The lowest BCUT2D eigenvalue weighted by Crippen LogP contribution is -2.58. The first kappa shape index (κ1) is 24.9. The Kier molecular flexibility index (Phi) is 6.06. The predicted octanol–water partition coefficient (Wildman–Crippen LogP) is 2.57. The van der Waals surface area contributed by atoms with Gasteiger partial charge in [0.15, 0.2) is 5.69 Å². The summed E-state index contributed by atoms with van der Waals surface area (Å²) in [6, 6.07) is 7.22. The molecule has 1 spiro atoms. The fourth-order valence-corrected chi connectivity index (χ4v) is 5.44. The number of primary amides is 1. The molecule has 37 heavy (non-hydrogen) atoms. The quantitative estimate of drug-likeness (QED) is 0.422. The Bertz CT molecular complexity index is 1370. The Hall–Kier alpha value is -3.73. The monoisotopic (exact) mass is 511 g/mol. The van der Waals surface area contributed by atoms with Crippen LogP contribution in [-0.4, -0.2) is 56.5 Å². The van der Waals surface area contributed by atoms with Gasteiger partial charge in [0.05, 0.1) is 24.8 Å². The van der Waals surface area contributed by atoms with Gasteiger partial charge < -0.3 is 25.6 Å². The number of aliphatic hydroxyl groups is 1. The summed E-state index contributed by atoms with van der Waals surface area (Å²) in [6.45, 7) is 3.45. The standard InChI is InChI=1S/C26H30FN5O5/c1-25(2,35)13-32-19-6-4-14(27)8-18(19)21(31-32)23(34)29-15-9-26(10-15)11-16(12-26)37-24-17(22(28)33)5-7-20(30-24)36-3/h4-8,15-16,35H,9-13H2,1-3H3,(H2,28,33)(H,29,34). The number of carbonyl (C=O) groups excluding carboxylic acids is 2. The summed E-state index contributed by atoms with van der Waals surface area (Å²) in [5.41, 5.74) is 5.37. The maximum atomic E-state index is 14.0. The number of fused-ring (bicyclic) bond motifs is 1. The molecule has 0 bridgehead atoms. The number of rotatable bonds is 8. The van der Waals surface area contributed by atoms with Crippen LogP contribution in [0.5, 0.6) is 11.8 Å². The molecule has 196 valence electrons. The van der Waals surface area contributed by atoms with Crippen molar-refractivity contribution in [1.29, 1.82) is 0 Å². The molecule has 4 N–H and O–H groups in total. The Morgan fingerprint density at radius 2 is 1.97 bits per heavy atom. The topological polar surface area (TPSA) is 142 Å². The van der Waals surface area contributed by atoms with Crippen molar-refractivity contribution in [3.63, 3.8) is 0 Å². The summed E-state index contributed by atoms with van der Waals surface area (Å²) in [5.74, 6) is -0.960. The van der Waals surface area contributed by atoms with Gasteiger partial charge in [-0.05, 0) is 69.2 Å². The average molecular weight is 512 g/mol.